The SMILES string of the molecule is COC(=O)[C@H](C/C=C/[C@@H](O)[C@@H](O[Si](C)(C)C(C)(C)C)[C@H](O[Si](C)(C)C(C)(C)C)[C@H](O)CO[Si](C)(C)C(C)(C)C)NC(=O)OC(C)(C)C. The van der Waals surface area contributed by atoms with Gasteiger partial charge >= 0.3 is 12.1 Å². The molecule has 3 N–H and O–H groups in total. The van der Waals surface area contributed by atoms with Gasteiger partial charge in [-0.2, -0.15) is 0 Å². The van der Waals surface area contributed by atoms with E-state index in [-0.39, 0.29) is 28.1 Å². The van der Waals surface area contributed by atoms with Gasteiger partial charge < -0.3 is 38.3 Å². The summed E-state index contributed by atoms with van der Waals surface area (Å²) in [6.07, 6.45) is -1.76. The van der Waals surface area contributed by atoms with Crippen LogP contribution < -0.4 is 5.32 Å². The molecule has 0 aromatic rings. The first kappa shape index (κ1) is 45.9. The second-order valence-corrected chi connectivity index (χ2v) is 32.5. The lowest BCUT2D eigenvalue weighted by Gasteiger charge is -2.47. The average Bonchev–Trinajstić information content (AvgIpc) is 2.84. The maximum atomic E-state index is 12.5. The van der Waals surface area contributed by atoms with Crippen molar-refractivity contribution in [1.82, 2.24) is 5.32 Å². The Kier molecular flexibility index (Phi) is 16.4. The minimum atomic E-state index is -2.53. The molecule has 1 amide bonds. The monoisotopic (exact) mass is 721 g/mol. The number of amides is 1. The molecular weight excluding hydrogens is 651 g/mol. The van der Waals surface area contributed by atoms with E-state index < -0.39 is 73.1 Å². The number of hydrogen-bond donors (Lipinski definition) is 3. The van der Waals surface area contributed by atoms with Crippen LogP contribution in [0.15, 0.2) is 12.2 Å². The van der Waals surface area contributed by atoms with Gasteiger partial charge in [-0.1, -0.05) is 74.5 Å². The number of carbonyl (C=O) groups is 2. The van der Waals surface area contributed by atoms with E-state index in [0.717, 1.165) is 0 Å². The summed E-state index contributed by atoms with van der Waals surface area (Å²) < 4.78 is 30.5. The van der Waals surface area contributed by atoms with Gasteiger partial charge in [0.05, 0.1) is 19.8 Å². The largest absolute Gasteiger partial charge is 0.467 e. The highest BCUT2D eigenvalue weighted by molar-refractivity contribution is 6.75. The zero-order chi connectivity index (χ0) is 37.6. The van der Waals surface area contributed by atoms with Gasteiger partial charge in [-0.3, -0.25) is 0 Å². The molecule has 0 rings (SSSR count). The summed E-state index contributed by atoms with van der Waals surface area (Å²) in [5.41, 5.74) is -0.751. The Morgan fingerprint density at radius 2 is 1.15 bits per heavy atom. The first-order valence-electron chi connectivity index (χ1n) is 16.8. The smallest absolute Gasteiger partial charge is 0.408 e. The zero-order valence-electron chi connectivity index (χ0n) is 33.2. The van der Waals surface area contributed by atoms with Crippen LogP contribution in [0.1, 0.15) is 89.5 Å². The molecular formula is C34H71NO9Si3. The maximum Gasteiger partial charge on any atom is 0.408 e. The Hall–Kier alpha value is -1.07. The van der Waals surface area contributed by atoms with Crippen LogP contribution in [-0.4, -0.2) is 97.0 Å². The van der Waals surface area contributed by atoms with Gasteiger partial charge in [0.25, 0.3) is 0 Å². The second kappa shape index (κ2) is 16.8. The standard InChI is InChI=1S/C34H71NO9Si3/c1-31(2,3)42-30(39)35-24(29(38)40-13)21-20-22-25(36)27(43-46(16,17)33(7,8)9)28(44-47(18,19)34(10,11)12)26(37)23-41-45(14,15)32(4,5)6/h20,22,24-28,36-37H,21,23H2,1-19H3,(H,35,39)/b22-20+/t24-,25+,26+,27+,28+/m0/s1. The minimum Gasteiger partial charge on any atom is -0.467 e. The van der Waals surface area contributed by atoms with E-state index in [9.17, 15) is 19.8 Å². The van der Waals surface area contributed by atoms with Gasteiger partial charge in [-0.05, 0) is 81.6 Å². The molecule has 0 aliphatic heterocycles. The Bertz CT molecular complexity index is 1040. The number of aliphatic hydroxyl groups is 2. The lowest BCUT2D eigenvalue weighted by Crippen LogP contribution is -2.59. The van der Waals surface area contributed by atoms with Crippen LogP contribution in [-0.2, 0) is 27.5 Å². The molecule has 0 spiro atoms. The summed E-state index contributed by atoms with van der Waals surface area (Å²) >= 11 is 0. The molecule has 278 valence electrons. The van der Waals surface area contributed by atoms with Gasteiger partial charge in [0.15, 0.2) is 25.0 Å². The van der Waals surface area contributed by atoms with Gasteiger partial charge in [-0.15, -0.1) is 0 Å². The predicted molar refractivity (Wildman–Crippen MR) is 198 cm³/mol. The first-order valence-corrected chi connectivity index (χ1v) is 25.5. The van der Waals surface area contributed by atoms with Crippen LogP contribution in [0.4, 0.5) is 4.79 Å². The summed E-state index contributed by atoms with van der Waals surface area (Å²) in [6.45, 7) is 37.0. The lowest BCUT2D eigenvalue weighted by molar-refractivity contribution is -0.143. The Balaban J connectivity index is 6.79. The zero-order valence-corrected chi connectivity index (χ0v) is 36.2. The second-order valence-electron chi connectivity index (χ2n) is 18.2. The van der Waals surface area contributed by atoms with Crippen molar-refractivity contribution in [2.45, 2.75) is 180 Å². The highest BCUT2D eigenvalue weighted by Crippen LogP contribution is 2.42. The number of aliphatic hydroxyl groups excluding tert-OH is 2. The van der Waals surface area contributed by atoms with E-state index in [4.69, 9.17) is 22.8 Å². The number of methoxy groups -OCH3 is 1. The first-order chi connectivity index (χ1) is 20.7. The summed E-state index contributed by atoms with van der Waals surface area (Å²) in [7, 11) is -6.02. The molecule has 0 unspecified atom stereocenters. The number of alkyl carbamates (subject to hydrolysis) is 1. The average molecular weight is 722 g/mol. The highest BCUT2D eigenvalue weighted by atomic mass is 28.4. The summed E-state index contributed by atoms with van der Waals surface area (Å²) in [4.78, 5) is 25.0. The third kappa shape index (κ3) is 14.7. The third-order valence-electron chi connectivity index (χ3n) is 9.82. The number of esters is 1. The molecule has 0 radical (unpaired) electrons. The number of rotatable bonds is 15. The fourth-order valence-electron chi connectivity index (χ4n) is 3.60. The molecule has 10 nitrogen and oxygen atoms in total. The fraction of sp³-hybridized carbons (Fsp3) is 0.882. The number of nitrogens with one attached hydrogen (secondary N) is 1. The van der Waals surface area contributed by atoms with Gasteiger partial charge in [0.2, 0.25) is 0 Å². The minimum absolute atomic E-state index is 0.0284. The fourth-order valence-corrected chi connectivity index (χ4v) is 7.26. The van der Waals surface area contributed by atoms with Crippen molar-refractivity contribution in [3.63, 3.8) is 0 Å². The van der Waals surface area contributed by atoms with Crippen molar-refractivity contribution in [3.05, 3.63) is 12.2 Å². The molecule has 47 heavy (non-hydrogen) atoms. The Morgan fingerprint density at radius 1 is 0.723 bits per heavy atom. The van der Waals surface area contributed by atoms with Crippen LogP contribution in [0, 0.1) is 0 Å². The van der Waals surface area contributed by atoms with E-state index in [2.05, 4.69) is 107 Å². The molecule has 13 heteroatoms. The molecule has 0 aliphatic rings. The summed E-state index contributed by atoms with van der Waals surface area (Å²) in [5, 5.41) is 25.8. The van der Waals surface area contributed by atoms with E-state index in [0.29, 0.717) is 0 Å². The van der Waals surface area contributed by atoms with Crippen molar-refractivity contribution < 1.29 is 42.6 Å². The molecule has 0 fully saturated rings. The van der Waals surface area contributed by atoms with Crippen LogP contribution >= 0.6 is 0 Å². The quantitative estimate of drug-likeness (QED) is 0.0892. The van der Waals surface area contributed by atoms with Crippen molar-refractivity contribution in [2.75, 3.05) is 13.7 Å². The Labute approximate surface area is 290 Å². The highest BCUT2D eigenvalue weighted by Gasteiger charge is 2.49. The molecule has 0 aromatic heterocycles. The molecule has 0 aromatic carbocycles. The molecule has 0 aliphatic carbocycles. The normalized spacial score (nSPS) is 17.6. The summed E-state index contributed by atoms with van der Waals surface area (Å²) in [5.74, 6) is -0.651. The van der Waals surface area contributed by atoms with Crippen molar-refractivity contribution in [2.24, 2.45) is 0 Å². The number of hydrogen-bond acceptors (Lipinski definition) is 9. The number of carbonyl (C=O) groups excluding carboxylic acids is 2. The van der Waals surface area contributed by atoms with Gasteiger partial charge in [-0.25, -0.2) is 9.59 Å². The maximum absolute atomic E-state index is 12.5. The van der Waals surface area contributed by atoms with E-state index >= 15 is 0 Å². The van der Waals surface area contributed by atoms with Crippen LogP contribution in [0.5, 0.6) is 0 Å². The van der Waals surface area contributed by atoms with Gasteiger partial charge in [0, 0.05) is 0 Å². The topological polar surface area (TPSA) is 133 Å². The summed E-state index contributed by atoms with van der Waals surface area (Å²) in [6, 6.07) is -1.04. The Morgan fingerprint density at radius 3 is 1.53 bits per heavy atom. The van der Waals surface area contributed by atoms with Crippen molar-refractivity contribution >= 4 is 37.0 Å². The molecule has 0 heterocycles. The van der Waals surface area contributed by atoms with Crippen LogP contribution in [0.2, 0.25) is 54.4 Å². The molecule has 0 saturated carbocycles. The lowest BCUT2D eigenvalue weighted by atomic mass is 10.0. The van der Waals surface area contributed by atoms with E-state index in [1.807, 2.05) is 0 Å². The van der Waals surface area contributed by atoms with Crippen LogP contribution in [0.25, 0.3) is 0 Å². The van der Waals surface area contributed by atoms with E-state index in [1.165, 1.54) is 13.2 Å². The van der Waals surface area contributed by atoms with Crippen molar-refractivity contribution in [3.8, 4) is 0 Å². The molecule has 0 saturated heterocycles. The third-order valence-corrected chi connectivity index (χ3v) is 23.3. The van der Waals surface area contributed by atoms with Crippen molar-refractivity contribution in [1.29, 1.82) is 0 Å². The number of ether oxygens (including phenoxy) is 2. The molecule has 0 bridgehead atoms. The predicted octanol–water partition coefficient (Wildman–Crippen LogP) is 7.52. The van der Waals surface area contributed by atoms with E-state index in [1.54, 1.807) is 26.8 Å². The van der Waals surface area contributed by atoms with Gasteiger partial charge in [0.1, 0.15) is 30.0 Å². The molecule has 5 atom stereocenters. The van der Waals surface area contributed by atoms with Crippen LogP contribution in [0.3, 0.4) is 0 Å².